The molecule has 2 N–H and O–H groups in total. The largest absolute Gasteiger partial charge is 0.330 e. The van der Waals surface area contributed by atoms with Gasteiger partial charge in [0.15, 0.2) is 23.3 Å². The Labute approximate surface area is 86.9 Å². The fourth-order valence-electron chi connectivity index (χ4n) is 1.20. The third-order valence-electron chi connectivity index (χ3n) is 1.94. The van der Waals surface area contributed by atoms with E-state index in [4.69, 9.17) is 5.73 Å². The zero-order valence-corrected chi connectivity index (χ0v) is 7.84. The van der Waals surface area contributed by atoms with E-state index in [9.17, 15) is 26.3 Å². The Bertz CT molecular complexity index is 377. The van der Waals surface area contributed by atoms with Crippen LogP contribution in [-0.2, 0) is 5.92 Å². The second kappa shape index (κ2) is 4.32. The highest BCUT2D eigenvalue weighted by atomic mass is 19.3. The summed E-state index contributed by atoms with van der Waals surface area (Å²) in [6.07, 6.45) is -1.11. The zero-order valence-electron chi connectivity index (χ0n) is 7.84. The Morgan fingerprint density at radius 3 is 1.81 bits per heavy atom. The van der Waals surface area contributed by atoms with Crippen LogP contribution in [0.15, 0.2) is 6.07 Å². The highest BCUT2D eigenvalue weighted by Crippen LogP contribution is 2.36. The van der Waals surface area contributed by atoms with E-state index in [1.165, 1.54) is 0 Å². The van der Waals surface area contributed by atoms with Crippen LogP contribution in [0, 0.1) is 23.3 Å². The van der Waals surface area contributed by atoms with Gasteiger partial charge in [-0.25, -0.2) is 26.3 Å². The number of hydrogen-bond acceptors (Lipinski definition) is 1. The summed E-state index contributed by atoms with van der Waals surface area (Å²) in [4.78, 5) is 0. The minimum Gasteiger partial charge on any atom is -0.330 e. The molecule has 90 valence electrons. The standard InChI is InChI=1S/C9H7F6N/c10-4-3-5(11)8(13)6(7(4)12)9(14,15)1-2-16/h3H,1-2,16H2. The van der Waals surface area contributed by atoms with Crippen molar-refractivity contribution in [3.05, 3.63) is 34.9 Å². The van der Waals surface area contributed by atoms with Gasteiger partial charge in [0, 0.05) is 12.5 Å². The summed E-state index contributed by atoms with van der Waals surface area (Å²) in [6.45, 7) is -0.579. The highest BCUT2D eigenvalue weighted by Gasteiger charge is 2.39. The van der Waals surface area contributed by atoms with Gasteiger partial charge in [0.2, 0.25) is 0 Å². The minimum atomic E-state index is -4.05. The Morgan fingerprint density at radius 1 is 1.00 bits per heavy atom. The molecule has 1 rings (SSSR count). The summed E-state index contributed by atoms with van der Waals surface area (Å²) in [6, 6.07) is -0.132. The van der Waals surface area contributed by atoms with Crippen molar-refractivity contribution >= 4 is 0 Å². The molecule has 0 radical (unpaired) electrons. The van der Waals surface area contributed by atoms with E-state index in [2.05, 4.69) is 0 Å². The molecule has 0 amide bonds. The highest BCUT2D eigenvalue weighted by molar-refractivity contribution is 5.26. The molecule has 0 aromatic heterocycles. The number of benzene rings is 1. The molecule has 0 spiro atoms. The molecular formula is C9H7F6N. The lowest BCUT2D eigenvalue weighted by molar-refractivity contribution is -0.0190. The Morgan fingerprint density at radius 2 is 1.44 bits per heavy atom. The molecule has 1 aromatic rings. The van der Waals surface area contributed by atoms with Crippen molar-refractivity contribution in [2.75, 3.05) is 6.54 Å². The van der Waals surface area contributed by atoms with Crippen molar-refractivity contribution < 1.29 is 26.3 Å². The van der Waals surface area contributed by atoms with Gasteiger partial charge in [0.1, 0.15) is 0 Å². The predicted molar refractivity (Wildman–Crippen MR) is 43.8 cm³/mol. The molecule has 16 heavy (non-hydrogen) atoms. The molecule has 0 saturated heterocycles. The van der Waals surface area contributed by atoms with E-state index < -0.39 is 47.7 Å². The summed E-state index contributed by atoms with van der Waals surface area (Å²) in [5.74, 6) is -12.0. The van der Waals surface area contributed by atoms with Crippen LogP contribution < -0.4 is 5.73 Å². The predicted octanol–water partition coefficient (Wildman–Crippen LogP) is 2.68. The summed E-state index contributed by atoms with van der Waals surface area (Å²) >= 11 is 0. The lowest BCUT2D eigenvalue weighted by Crippen LogP contribution is -2.23. The first-order valence-corrected chi connectivity index (χ1v) is 4.22. The van der Waals surface area contributed by atoms with E-state index in [1.54, 1.807) is 0 Å². The van der Waals surface area contributed by atoms with E-state index in [-0.39, 0.29) is 6.07 Å². The first-order chi connectivity index (χ1) is 7.31. The minimum absolute atomic E-state index is 0.132. The fraction of sp³-hybridized carbons (Fsp3) is 0.333. The van der Waals surface area contributed by atoms with Crippen LogP contribution in [0.4, 0.5) is 26.3 Å². The zero-order chi connectivity index (χ0) is 12.5. The van der Waals surface area contributed by atoms with Gasteiger partial charge < -0.3 is 5.73 Å². The summed E-state index contributed by atoms with van der Waals surface area (Å²) < 4.78 is 77.5. The summed E-state index contributed by atoms with van der Waals surface area (Å²) in [5.41, 5.74) is 2.89. The number of alkyl halides is 2. The van der Waals surface area contributed by atoms with E-state index in [0.717, 1.165) is 0 Å². The van der Waals surface area contributed by atoms with Gasteiger partial charge in [-0.3, -0.25) is 0 Å². The van der Waals surface area contributed by atoms with Crippen LogP contribution in [-0.4, -0.2) is 6.54 Å². The average molecular weight is 243 g/mol. The van der Waals surface area contributed by atoms with Crippen LogP contribution in [0.2, 0.25) is 0 Å². The molecule has 0 aliphatic heterocycles. The van der Waals surface area contributed by atoms with Crippen molar-refractivity contribution in [3.63, 3.8) is 0 Å². The SMILES string of the molecule is NCCC(F)(F)c1c(F)c(F)cc(F)c1F. The van der Waals surface area contributed by atoms with Gasteiger partial charge >= 0.3 is 0 Å². The number of nitrogens with two attached hydrogens (primary N) is 1. The van der Waals surface area contributed by atoms with Crippen LogP contribution in [0.1, 0.15) is 12.0 Å². The number of rotatable bonds is 3. The monoisotopic (exact) mass is 243 g/mol. The first kappa shape index (κ1) is 12.8. The van der Waals surface area contributed by atoms with E-state index >= 15 is 0 Å². The van der Waals surface area contributed by atoms with Gasteiger partial charge in [0.05, 0.1) is 5.56 Å². The van der Waals surface area contributed by atoms with Crippen molar-refractivity contribution in [2.24, 2.45) is 5.73 Å². The van der Waals surface area contributed by atoms with Gasteiger partial charge in [-0.2, -0.15) is 0 Å². The molecule has 1 aromatic carbocycles. The lowest BCUT2D eigenvalue weighted by atomic mass is 10.0. The maximum atomic E-state index is 13.1. The van der Waals surface area contributed by atoms with Crippen LogP contribution in [0.5, 0.6) is 0 Å². The molecule has 0 fully saturated rings. The van der Waals surface area contributed by atoms with E-state index in [1.807, 2.05) is 0 Å². The fourth-order valence-corrected chi connectivity index (χ4v) is 1.20. The van der Waals surface area contributed by atoms with Crippen molar-refractivity contribution in [3.8, 4) is 0 Å². The van der Waals surface area contributed by atoms with Crippen LogP contribution in [0.3, 0.4) is 0 Å². The molecule has 0 unspecified atom stereocenters. The maximum Gasteiger partial charge on any atom is 0.280 e. The molecular weight excluding hydrogens is 236 g/mol. The Kier molecular flexibility index (Phi) is 3.47. The van der Waals surface area contributed by atoms with E-state index in [0.29, 0.717) is 0 Å². The molecule has 0 aliphatic carbocycles. The Hall–Kier alpha value is -1.24. The quantitative estimate of drug-likeness (QED) is 0.641. The molecule has 0 atom stereocenters. The lowest BCUT2D eigenvalue weighted by Gasteiger charge is -2.17. The molecule has 0 heterocycles. The molecule has 1 nitrogen and oxygen atoms in total. The third-order valence-corrected chi connectivity index (χ3v) is 1.94. The second-order valence-corrected chi connectivity index (χ2v) is 3.09. The Balaban J connectivity index is 3.42. The van der Waals surface area contributed by atoms with Crippen molar-refractivity contribution in [1.82, 2.24) is 0 Å². The normalized spacial score (nSPS) is 11.9. The maximum absolute atomic E-state index is 13.1. The summed E-state index contributed by atoms with van der Waals surface area (Å²) in [5, 5.41) is 0. The van der Waals surface area contributed by atoms with Crippen LogP contribution >= 0.6 is 0 Å². The van der Waals surface area contributed by atoms with Crippen LogP contribution in [0.25, 0.3) is 0 Å². The summed E-state index contributed by atoms with van der Waals surface area (Å²) in [7, 11) is 0. The van der Waals surface area contributed by atoms with Crippen molar-refractivity contribution in [1.29, 1.82) is 0 Å². The molecule has 0 saturated carbocycles. The van der Waals surface area contributed by atoms with Gasteiger partial charge in [-0.15, -0.1) is 0 Å². The third kappa shape index (κ3) is 2.13. The molecule has 0 bridgehead atoms. The molecule has 0 aliphatic rings. The first-order valence-electron chi connectivity index (χ1n) is 4.22. The average Bonchev–Trinajstić information content (AvgIpc) is 2.14. The second-order valence-electron chi connectivity index (χ2n) is 3.09. The topological polar surface area (TPSA) is 26.0 Å². The van der Waals surface area contributed by atoms with Gasteiger partial charge in [-0.05, 0) is 6.54 Å². The smallest absolute Gasteiger partial charge is 0.280 e. The van der Waals surface area contributed by atoms with Gasteiger partial charge in [-0.1, -0.05) is 0 Å². The number of hydrogen-bond donors (Lipinski definition) is 1. The van der Waals surface area contributed by atoms with Crippen molar-refractivity contribution in [2.45, 2.75) is 12.3 Å². The number of halogens is 6. The van der Waals surface area contributed by atoms with Gasteiger partial charge in [0.25, 0.3) is 5.92 Å². The molecule has 7 heteroatoms.